The third-order valence-corrected chi connectivity index (χ3v) is 4.20. The van der Waals surface area contributed by atoms with Crippen molar-refractivity contribution in [1.29, 1.82) is 0 Å². The molecule has 14 heavy (non-hydrogen) atoms. The summed E-state index contributed by atoms with van der Waals surface area (Å²) in [5.41, 5.74) is 0. The largest absolute Gasteiger partial charge is 0.432 e. The minimum absolute atomic E-state index is 0.113. The first-order valence-electron chi connectivity index (χ1n) is 4.54. The van der Waals surface area contributed by atoms with Crippen molar-refractivity contribution in [3.05, 3.63) is 0 Å². The molecule has 0 aromatic carbocycles. The fraction of sp³-hybridized carbons (Fsp3) is 0.889. The van der Waals surface area contributed by atoms with E-state index < -0.39 is 5.79 Å². The number of carbonyl (C=O) groups is 1. The predicted molar refractivity (Wildman–Crippen MR) is 60.8 cm³/mol. The molecule has 0 radical (unpaired) electrons. The Hall–Kier alpha value is 0.260. The molecule has 1 heterocycles. The molecule has 5 heteroatoms. The molecule has 3 nitrogen and oxygen atoms in total. The number of carbonyl (C=O) groups excluding carboxylic acids is 1. The topological polar surface area (TPSA) is 35.5 Å². The molecule has 0 aromatic rings. The van der Waals surface area contributed by atoms with Crippen LogP contribution in [0.3, 0.4) is 0 Å². The summed E-state index contributed by atoms with van der Waals surface area (Å²) in [6.07, 6.45) is 0.113. The molecule has 1 aliphatic heterocycles. The molecule has 0 aliphatic carbocycles. The van der Waals surface area contributed by atoms with Crippen LogP contribution < -0.4 is 0 Å². The normalized spacial score (nSPS) is 38.0. The Morgan fingerprint density at radius 1 is 1.71 bits per heavy atom. The lowest BCUT2D eigenvalue weighted by Gasteiger charge is -2.39. The zero-order chi connectivity index (χ0) is 10.8. The minimum atomic E-state index is -0.762. The van der Waals surface area contributed by atoms with Crippen LogP contribution in [0.5, 0.6) is 0 Å². The van der Waals surface area contributed by atoms with Crippen LogP contribution in [0, 0.1) is 0 Å². The lowest BCUT2D eigenvalue weighted by Crippen LogP contribution is -2.47. The number of hydrogen-bond acceptors (Lipinski definition) is 4. The summed E-state index contributed by atoms with van der Waals surface area (Å²) in [6, 6.07) is 0. The Labute approximate surface area is 97.0 Å². The van der Waals surface area contributed by atoms with Gasteiger partial charge in [-0.05, 0) is 6.92 Å². The van der Waals surface area contributed by atoms with Crippen LogP contribution in [0.2, 0.25) is 0 Å². The fourth-order valence-corrected chi connectivity index (χ4v) is 2.40. The van der Waals surface area contributed by atoms with E-state index in [1.807, 2.05) is 13.8 Å². The van der Waals surface area contributed by atoms with Gasteiger partial charge in [-0.1, -0.05) is 22.9 Å². The van der Waals surface area contributed by atoms with Crippen molar-refractivity contribution in [2.75, 3.05) is 11.1 Å². The summed E-state index contributed by atoms with van der Waals surface area (Å²) in [7, 11) is 0. The van der Waals surface area contributed by atoms with E-state index in [0.717, 1.165) is 0 Å². The maximum absolute atomic E-state index is 11.1. The lowest BCUT2D eigenvalue weighted by molar-refractivity contribution is -0.228. The number of hydrogen-bond donors (Lipinski definition) is 0. The van der Waals surface area contributed by atoms with Crippen LogP contribution in [0.25, 0.3) is 0 Å². The van der Waals surface area contributed by atoms with E-state index in [0.29, 0.717) is 11.0 Å². The van der Waals surface area contributed by atoms with Gasteiger partial charge in [0.05, 0.1) is 11.9 Å². The van der Waals surface area contributed by atoms with E-state index in [2.05, 4.69) is 22.9 Å². The monoisotopic (exact) mass is 282 g/mol. The second-order valence-electron chi connectivity index (χ2n) is 3.58. The maximum Gasteiger partial charge on any atom is 0.319 e. The van der Waals surface area contributed by atoms with E-state index >= 15 is 0 Å². The average molecular weight is 283 g/mol. The Bertz CT molecular complexity index is 224. The smallest absolute Gasteiger partial charge is 0.319 e. The predicted octanol–water partition coefficient (Wildman–Crippen LogP) is 2.18. The Balaban J connectivity index is 2.54. The van der Waals surface area contributed by atoms with E-state index in [-0.39, 0.29) is 17.4 Å². The first-order valence-corrected chi connectivity index (χ1v) is 6.71. The Kier molecular flexibility index (Phi) is 4.28. The van der Waals surface area contributed by atoms with Crippen molar-refractivity contribution in [2.45, 2.75) is 37.9 Å². The summed E-state index contributed by atoms with van der Waals surface area (Å²) >= 11 is 4.82. The first-order chi connectivity index (χ1) is 6.47. The fourth-order valence-electron chi connectivity index (χ4n) is 1.26. The number of esters is 1. The van der Waals surface area contributed by atoms with Gasteiger partial charge in [-0.2, -0.15) is 0 Å². The summed E-state index contributed by atoms with van der Waals surface area (Å²) < 4.78 is 10.9. The molecule has 0 amide bonds. The number of halogens is 1. The van der Waals surface area contributed by atoms with Gasteiger partial charge in [-0.25, -0.2) is 0 Å². The van der Waals surface area contributed by atoms with Crippen molar-refractivity contribution in [3.63, 3.8) is 0 Å². The maximum atomic E-state index is 11.1. The highest BCUT2D eigenvalue weighted by Crippen LogP contribution is 2.33. The lowest BCUT2D eigenvalue weighted by atomic mass is 10.2. The average Bonchev–Trinajstić information content (AvgIpc) is 2.12. The summed E-state index contributed by atoms with van der Waals surface area (Å²) in [4.78, 5) is 11.1. The van der Waals surface area contributed by atoms with Crippen LogP contribution in [0.1, 0.15) is 20.8 Å². The number of ether oxygens (including phenoxy) is 2. The van der Waals surface area contributed by atoms with E-state index in [4.69, 9.17) is 9.47 Å². The highest BCUT2D eigenvalue weighted by atomic mass is 79.9. The van der Waals surface area contributed by atoms with Gasteiger partial charge in [0.15, 0.2) is 0 Å². The van der Waals surface area contributed by atoms with Gasteiger partial charge in [0.25, 0.3) is 0 Å². The molecule has 1 fully saturated rings. The molecule has 0 saturated carbocycles. The molecule has 1 rings (SSSR count). The molecule has 1 saturated heterocycles. The van der Waals surface area contributed by atoms with Gasteiger partial charge in [0.1, 0.15) is 5.33 Å². The van der Waals surface area contributed by atoms with Gasteiger partial charge in [-0.15, -0.1) is 11.8 Å². The zero-order valence-corrected chi connectivity index (χ0v) is 11.0. The van der Waals surface area contributed by atoms with Crippen LogP contribution in [0.4, 0.5) is 0 Å². The molecular weight excluding hydrogens is 268 g/mol. The van der Waals surface area contributed by atoms with Crippen LogP contribution in [-0.4, -0.2) is 34.2 Å². The molecule has 82 valence electrons. The summed E-state index contributed by atoms with van der Waals surface area (Å²) in [5.74, 6) is -0.353. The van der Waals surface area contributed by atoms with E-state index in [1.165, 1.54) is 0 Å². The van der Waals surface area contributed by atoms with Gasteiger partial charge in [0.2, 0.25) is 5.79 Å². The molecule has 0 spiro atoms. The van der Waals surface area contributed by atoms with Crippen LogP contribution in [-0.2, 0) is 14.3 Å². The highest BCUT2D eigenvalue weighted by molar-refractivity contribution is 9.09. The number of rotatable bonds is 2. The van der Waals surface area contributed by atoms with Gasteiger partial charge in [-0.3, -0.25) is 4.79 Å². The van der Waals surface area contributed by atoms with Crippen LogP contribution >= 0.6 is 27.7 Å². The molecule has 3 atom stereocenters. The Morgan fingerprint density at radius 3 is 2.86 bits per heavy atom. The van der Waals surface area contributed by atoms with E-state index in [1.54, 1.807) is 11.8 Å². The molecule has 1 aliphatic rings. The van der Waals surface area contributed by atoms with E-state index in [9.17, 15) is 4.79 Å². The van der Waals surface area contributed by atoms with Crippen molar-refractivity contribution in [1.82, 2.24) is 0 Å². The van der Waals surface area contributed by atoms with Gasteiger partial charge >= 0.3 is 5.97 Å². The Morgan fingerprint density at radius 2 is 2.36 bits per heavy atom. The third kappa shape index (κ3) is 3.14. The number of alkyl halides is 1. The molecule has 0 aromatic heterocycles. The molecular formula is C9H15BrO3S. The first kappa shape index (κ1) is 12.3. The second-order valence-corrected chi connectivity index (χ2v) is 5.51. The summed E-state index contributed by atoms with van der Waals surface area (Å²) in [6.45, 7) is 5.92. The summed E-state index contributed by atoms with van der Waals surface area (Å²) in [5, 5.41) is 0.659. The zero-order valence-electron chi connectivity index (χ0n) is 8.58. The van der Waals surface area contributed by atoms with Crippen molar-refractivity contribution < 1.29 is 14.3 Å². The molecule has 0 N–H and O–H groups in total. The quantitative estimate of drug-likeness (QED) is 0.575. The highest BCUT2D eigenvalue weighted by Gasteiger charge is 2.38. The SMILES string of the molecule is CC1OC(C)(OC(=O)CBr)CSC1C. The standard InChI is InChI=1S/C9H15BrO3S/c1-6-7(2)14-5-9(3,12-6)13-8(11)4-10/h6-7H,4-5H2,1-3H3. The second kappa shape index (κ2) is 4.86. The molecule has 0 bridgehead atoms. The minimum Gasteiger partial charge on any atom is -0.432 e. The third-order valence-electron chi connectivity index (χ3n) is 2.14. The van der Waals surface area contributed by atoms with Crippen molar-refractivity contribution in [2.24, 2.45) is 0 Å². The van der Waals surface area contributed by atoms with Crippen molar-refractivity contribution >= 4 is 33.7 Å². The number of thioether (sulfide) groups is 1. The van der Waals surface area contributed by atoms with Crippen LogP contribution in [0.15, 0.2) is 0 Å². The molecule has 3 unspecified atom stereocenters. The van der Waals surface area contributed by atoms with Gasteiger partial charge in [0, 0.05) is 12.2 Å². The van der Waals surface area contributed by atoms with Crippen molar-refractivity contribution in [3.8, 4) is 0 Å². The van der Waals surface area contributed by atoms with Gasteiger partial charge < -0.3 is 9.47 Å².